The summed E-state index contributed by atoms with van der Waals surface area (Å²) < 4.78 is 17.6. The zero-order chi connectivity index (χ0) is 15.8. The Bertz CT molecular complexity index is 587. The van der Waals surface area contributed by atoms with E-state index in [0.717, 1.165) is 33.8 Å². The van der Waals surface area contributed by atoms with Crippen molar-refractivity contribution in [2.75, 3.05) is 27.4 Å². The minimum atomic E-state index is 0.487. The fourth-order valence-corrected chi connectivity index (χ4v) is 2.41. The largest absolute Gasteiger partial charge is 0.497 e. The van der Waals surface area contributed by atoms with Crippen LogP contribution in [0.5, 0.6) is 17.2 Å². The van der Waals surface area contributed by atoms with Crippen molar-refractivity contribution in [3.05, 3.63) is 52.5 Å². The molecular formula is C17H20BrNO3. The van der Waals surface area contributed by atoms with E-state index in [2.05, 4.69) is 27.3 Å². The lowest BCUT2D eigenvalue weighted by molar-refractivity contribution is 0.215. The first-order valence-corrected chi connectivity index (χ1v) is 7.85. The van der Waals surface area contributed by atoms with Gasteiger partial charge in [0.15, 0.2) is 0 Å². The van der Waals surface area contributed by atoms with Crippen LogP contribution in [0.15, 0.2) is 46.9 Å². The molecule has 0 saturated heterocycles. The topological polar surface area (TPSA) is 39.7 Å². The summed E-state index contributed by atoms with van der Waals surface area (Å²) in [7, 11) is 3.56. The fourth-order valence-electron chi connectivity index (χ4n) is 2.00. The number of rotatable bonds is 8. The molecule has 0 amide bonds. The second-order valence-electron chi connectivity index (χ2n) is 4.65. The van der Waals surface area contributed by atoms with Crippen molar-refractivity contribution in [3.8, 4) is 17.2 Å². The van der Waals surface area contributed by atoms with Gasteiger partial charge in [0, 0.05) is 16.6 Å². The summed E-state index contributed by atoms with van der Waals surface area (Å²) in [4.78, 5) is 0. The third kappa shape index (κ3) is 4.93. The van der Waals surface area contributed by atoms with Gasteiger partial charge < -0.3 is 19.5 Å². The standard InChI is InChI=1S/C17H20BrNO3/c1-19-12-13-11-14(18)3-8-17(13)22-10-9-21-16-6-4-15(20-2)5-7-16/h3-8,11,19H,9-10,12H2,1-2H3. The summed E-state index contributed by atoms with van der Waals surface area (Å²) in [5.41, 5.74) is 1.11. The molecule has 2 aromatic carbocycles. The van der Waals surface area contributed by atoms with Gasteiger partial charge in [0.05, 0.1) is 7.11 Å². The van der Waals surface area contributed by atoms with E-state index in [1.165, 1.54) is 0 Å². The molecule has 0 saturated carbocycles. The van der Waals surface area contributed by atoms with Crippen LogP contribution in [0, 0.1) is 0 Å². The molecule has 0 atom stereocenters. The molecule has 2 aromatic rings. The summed E-state index contributed by atoms with van der Waals surface area (Å²) in [5.74, 6) is 2.49. The normalized spacial score (nSPS) is 10.3. The first kappa shape index (κ1) is 16.6. The Morgan fingerprint density at radius 3 is 2.32 bits per heavy atom. The lowest BCUT2D eigenvalue weighted by atomic mass is 10.2. The van der Waals surface area contributed by atoms with Crippen molar-refractivity contribution in [3.63, 3.8) is 0 Å². The molecule has 0 aliphatic carbocycles. The number of methoxy groups -OCH3 is 1. The average molecular weight is 366 g/mol. The van der Waals surface area contributed by atoms with Crippen LogP contribution in [0.2, 0.25) is 0 Å². The highest BCUT2D eigenvalue weighted by molar-refractivity contribution is 9.10. The van der Waals surface area contributed by atoms with Crippen molar-refractivity contribution in [1.82, 2.24) is 5.32 Å². The van der Waals surface area contributed by atoms with Gasteiger partial charge in [-0.2, -0.15) is 0 Å². The van der Waals surface area contributed by atoms with Crippen molar-refractivity contribution in [1.29, 1.82) is 0 Å². The van der Waals surface area contributed by atoms with Crippen LogP contribution in [-0.4, -0.2) is 27.4 Å². The lowest BCUT2D eigenvalue weighted by Crippen LogP contribution is -2.12. The highest BCUT2D eigenvalue weighted by Gasteiger charge is 2.04. The number of benzene rings is 2. The van der Waals surface area contributed by atoms with Crippen LogP contribution in [0.25, 0.3) is 0 Å². The molecule has 0 unspecified atom stereocenters. The van der Waals surface area contributed by atoms with Gasteiger partial charge in [-0.25, -0.2) is 0 Å². The summed E-state index contributed by atoms with van der Waals surface area (Å²) >= 11 is 3.47. The maximum atomic E-state index is 5.80. The molecule has 0 bridgehead atoms. The third-order valence-corrected chi connectivity index (χ3v) is 3.55. The van der Waals surface area contributed by atoms with Crippen molar-refractivity contribution in [2.24, 2.45) is 0 Å². The maximum absolute atomic E-state index is 5.80. The van der Waals surface area contributed by atoms with E-state index in [1.54, 1.807) is 7.11 Å². The number of nitrogens with one attached hydrogen (secondary N) is 1. The Balaban J connectivity index is 1.83. The van der Waals surface area contributed by atoms with Crippen LogP contribution in [0.1, 0.15) is 5.56 Å². The van der Waals surface area contributed by atoms with Crippen molar-refractivity contribution >= 4 is 15.9 Å². The quantitative estimate of drug-likeness (QED) is 0.725. The van der Waals surface area contributed by atoms with E-state index in [4.69, 9.17) is 14.2 Å². The Morgan fingerprint density at radius 2 is 1.64 bits per heavy atom. The summed E-state index contributed by atoms with van der Waals surface area (Å²) in [6, 6.07) is 13.5. The Hall–Kier alpha value is -1.72. The molecule has 0 aliphatic rings. The number of halogens is 1. The zero-order valence-electron chi connectivity index (χ0n) is 12.8. The molecule has 0 aliphatic heterocycles. The predicted molar refractivity (Wildman–Crippen MR) is 90.9 cm³/mol. The van der Waals surface area contributed by atoms with Crippen LogP contribution in [0.4, 0.5) is 0 Å². The van der Waals surface area contributed by atoms with Crippen molar-refractivity contribution in [2.45, 2.75) is 6.54 Å². The van der Waals surface area contributed by atoms with Gasteiger partial charge in [-0.3, -0.25) is 0 Å². The Labute approximate surface area is 139 Å². The molecule has 0 aromatic heterocycles. The van der Waals surface area contributed by atoms with E-state index < -0.39 is 0 Å². The van der Waals surface area contributed by atoms with E-state index in [-0.39, 0.29) is 0 Å². The number of hydrogen-bond acceptors (Lipinski definition) is 4. The molecule has 118 valence electrons. The molecule has 5 heteroatoms. The van der Waals surface area contributed by atoms with Crippen LogP contribution in [0.3, 0.4) is 0 Å². The first-order chi connectivity index (χ1) is 10.7. The molecule has 1 N–H and O–H groups in total. The molecule has 0 radical (unpaired) electrons. The zero-order valence-corrected chi connectivity index (χ0v) is 14.4. The fraction of sp³-hybridized carbons (Fsp3) is 0.294. The smallest absolute Gasteiger partial charge is 0.124 e. The highest BCUT2D eigenvalue weighted by Crippen LogP contribution is 2.23. The second kappa shape index (κ2) is 8.66. The van der Waals surface area contributed by atoms with Gasteiger partial charge in [0.25, 0.3) is 0 Å². The van der Waals surface area contributed by atoms with Gasteiger partial charge in [-0.05, 0) is 49.5 Å². The summed E-state index contributed by atoms with van der Waals surface area (Å²) in [6.07, 6.45) is 0. The van der Waals surface area contributed by atoms with Gasteiger partial charge >= 0.3 is 0 Å². The molecule has 0 fully saturated rings. The third-order valence-electron chi connectivity index (χ3n) is 3.06. The molecular weight excluding hydrogens is 346 g/mol. The number of hydrogen-bond donors (Lipinski definition) is 1. The monoisotopic (exact) mass is 365 g/mol. The van der Waals surface area contributed by atoms with Gasteiger partial charge in [-0.15, -0.1) is 0 Å². The van der Waals surface area contributed by atoms with E-state index in [9.17, 15) is 0 Å². The average Bonchev–Trinajstić information content (AvgIpc) is 2.54. The Kier molecular flexibility index (Phi) is 6.55. The second-order valence-corrected chi connectivity index (χ2v) is 5.57. The van der Waals surface area contributed by atoms with Crippen LogP contribution >= 0.6 is 15.9 Å². The van der Waals surface area contributed by atoms with Crippen molar-refractivity contribution < 1.29 is 14.2 Å². The van der Waals surface area contributed by atoms with Crippen LogP contribution in [-0.2, 0) is 6.54 Å². The lowest BCUT2D eigenvalue weighted by Gasteiger charge is -2.12. The minimum Gasteiger partial charge on any atom is -0.497 e. The molecule has 0 spiro atoms. The SMILES string of the molecule is CNCc1cc(Br)ccc1OCCOc1ccc(OC)cc1. The van der Waals surface area contributed by atoms with Gasteiger partial charge in [0.2, 0.25) is 0 Å². The minimum absolute atomic E-state index is 0.487. The molecule has 22 heavy (non-hydrogen) atoms. The first-order valence-electron chi connectivity index (χ1n) is 7.05. The summed E-state index contributed by atoms with van der Waals surface area (Å²) in [6.45, 7) is 1.74. The van der Waals surface area contributed by atoms with E-state index in [0.29, 0.717) is 13.2 Å². The van der Waals surface area contributed by atoms with Gasteiger partial charge in [0.1, 0.15) is 30.5 Å². The van der Waals surface area contributed by atoms with Gasteiger partial charge in [-0.1, -0.05) is 15.9 Å². The predicted octanol–water partition coefficient (Wildman–Crippen LogP) is 3.63. The van der Waals surface area contributed by atoms with Crippen LogP contribution < -0.4 is 19.5 Å². The molecule has 2 rings (SSSR count). The maximum Gasteiger partial charge on any atom is 0.124 e. The summed E-state index contributed by atoms with van der Waals surface area (Å²) in [5, 5.41) is 3.13. The van der Waals surface area contributed by atoms with E-state index >= 15 is 0 Å². The highest BCUT2D eigenvalue weighted by atomic mass is 79.9. The molecule has 0 heterocycles. The molecule has 4 nitrogen and oxygen atoms in total. The van der Waals surface area contributed by atoms with E-state index in [1.807, 2.05) is 43.4 Å². The Morgan fingerprint density at radius 1 is 0.955 bits per heavy atom. The number of ether oxygens (including phenoxy) is 3.